The van der Waals surface area contributed by atoms with Gasteiger partial charge in [-0.2, -0.15) is 0 Å². The minimum atomic E-state index is -3.54. The summed E-state index contributed by atoms with van der Waals surface area (Å²) in [5, 5.41) is 3.97. The number of rotatable bonds is 5. The smallest absolute Gasteiger partial charge is 0.254 e. The summed E-state index contributed by atoms with van der Waals surface area (Å²) in [5.41, 5.74) is 3.02. The average Bonchev–Trinajstić information content (AvgIpc) is 3.18. The third-order valence-electron chi connectivity index (χ3n) is 3.36. The van der Waals surface area contributed by atoms with Gasteiger partial charge in [0.2, 0.25) is 0 Å². The monoisotopic (exact) mass is 364 g/mol. The molecule has 0 spiro atoms. The van der Waals surface area contributed by atoms with E-state index < -0.39 is 10.0 Å². The molecule has 0 aliphatic carbocycles. The van der Waals surface area contributed by atoms with E-state index >= 15 is 0 Å². The molecule has 0 saturated carbocycles. The van der Waals surface area contributed by atoms with E-state index in [2.05, 4.69) is 35.7 Å². The molecule has 3 aromatic rings. The number of nitrogens with one attached hydrogen (secondary N) is 1. The van der Waals surface area contributed by atoms with Crippen molar-refractivity contribution in [2.45, 2.75) is 24.0 Å². The summed E-state index contributed by atoms with van der Waals surface area (Å²) in [6.07, 6.45) is 0. The summed E-state index contributed by atoms with van der Waals surface area (Å²) >= 11 is 2.47. The third kappa shape index (κ3) is 3.63. The second-order valence-electron chi connectivity index (χ2n) is 5.35. The molecule has 0 radical (unpaired) electrons. The number of thiazole rings is 1. The van der Waals surface area contributed by atoms with Crippen molar-refractivity contribution < 1.29 is 8.42 Å². The van der Waals surface area contributed by atoms with E-state index in [1.807, 2.05) is 17.5 Å². The Morgan fingerprint density at radius 1 is 1.09 bits per heavy atom. The summed E-state index contributed by atoms with van der Waals surface area (Å²) in [7, 11) is -3.54. The summed E-state index contributed by atoms with van der Waals surface area (Å²) in [6, 6.07) is 11.5. The summed E-state index contributed by atoms with van der Waals surface area (Å²) in [6.45, 7) is 4.30. The van der Waals surface area contributed by atoms with Crippen LogP contribution in [0.4, 0.5) is 5.13 Å². The van der Waals surface area contributed by atoms with Crippen LogP contribution in [-0.4, -0.2) is 13.4 Å². The molecular weight excluding hydrogens is 348 g/mol. The van der Waals surface area contributed by atoms with E-state index in [1.54, 1.807) is 17.5 Å². The SMILES string of the molecule is CC(C)c1ccc(-c2csc(NS(=O)(=O)c3cccs3)n2)cc1. The molecule has 0 atom stereocenters. The Balaban J connectivity index is 1.81. The van der Waals surface area contributed by atoms with E-state index in [9.17, 15) is 8.42 Å². The number of benzene rings is 1. The van der Waals surface area contributed by atoms with Crippen LogP contribution in [0.15, 0.2) is 51.4 Å². The van der Waals surface area contributed by atoms with Crippen LogP contribution < -0.4 is 4.72 Å². The maximum Gasteiger partial charge on any atom is 0.273 e. The topological polar surface area (TPSA) is 59.1 Å². The molecule has 2 heterocycles. The van der Waals surface area contributed by atoms with E-state index in [0.29, 0.717) is 11.0 Å². The summed E-state index contributed by atoms with van der Waals surface area (Å²) in [5.74, 6) is 0.479. The minimum absolute atomic E-state index is 0.288. The lowest BCUT2D eigenvalue weighted by molar-refractivity contribution is 0.603. The van der Waals surface area contributed by atoms with Crippen LogP contribution in [0, 0.1) is 0 Å². The molecule has 23 heavy (non-hydrogen) atoms. The largest absolute Gasteiger partial charge is 0.273 e. The van der Waals surface area contributed by atoms with Gasteiger partial charge >= 0.3 is 0 Å². The van der Waals surface area contributed by atoms with Crippen LogP contribution in [0.5, 0.6) is 0 Å². The van der Waals surface area contributed by atoms with Crippen molar-refractivity contribution >= 4 is 37.8 Å². The maximum absolute atomic E-state index is 12.2. The van der Waals surface area contributed by atoms with Crippen molar-refractivity contribution in [3.8, 4) is 11.3 Å². The molecule has 0 aliphatic rings. The molecule has 1 aromatic carbocycles. The van der Waals surface area contributed by atoms with Crippen molar-refractivity contribution in [1.29, 1.82) is 0 Å². The Bertz CT molecular complexity index is 880. The molecule has 0 unspecified atom stereocenters. The summed E-state index contributed by atoms with van der Waals surface area (Å²) < 4.78 is 27.2. The van der Waals surface area contributed by atoms with Gasteiger partial charge in [0.15, 0.2) is 5.13 Å². The number of thiophene rings is 1. The predicted octanol–water partition coefficient (Wildman–Crippen LogP) is 4.80. The predicted molar refractivity (Wildman–Crippen MR) is 96.8 cm³/mol. The Morgan fingerprint density at radius 3 is 2.43 bits per heavy atom. The van der Waals surface area contributed by atoms with Gasteiger partial charge in [-0.15, -0.1) is 22.7 Å². The van der Waals surface area contributed by atoms with Crippen LogP contribution in [0.1, 0.15) is 25.3 Å². The Kier molecular flexibility index (Phi) is 4.52. The standard InChI is InChI=1S/C16H16N2O2S3/c1-11(2)12-5-7-13(8-6-12)14-10-22-16(17-14)18-23(19,20)15-4-3-9-21-15/h3-11H,1-2H3,(H,17,18). The molecule has 1 N–H and O–H groups in total. The Labute approximate surface area is 143 Å². The van der Waals surface area contributed by atoms with Crippen molar-refractivity contribution in [1.82, 2.24) is 4.98 Å². The first-order valence-corrected chi connectivity index (χ1v) is 10.3. The fourth-order valence-corrected chi connectivity index (χ4v) is 5.04. The normalized spacial score (nSPS) is 11.8. The van der Waals surface area contributed by atoms with Gasteiger partial charge in [-0.1, -0.05) is 44.2 Å². The maximum atomic E-state index is 12.2. The third-order valence-corrected chi connectivity index (χ3v) is 6.98. The van der Waals surface area contributed by atoms with Gasteiger partial charge < -0.3 is 0 Å². The quantitative estimate of drug-likeness (QED) is 0.708. The fourth-order valence-electron chi connectivity index (χ4n) is 2.07. The van der Waals surface area contributed by atoms with Gasteiger partial charge in [-0.3, -0.25) is 4.72 Å². The van der Waals surface area contributed by atoms with Gasteiger partial charge in [-0.05, 0) is 22.9 Å². The molecule has 4 nitrogen and oxygen atoms in total. The van der Waals surface area contributed by atoms with Crippen molar-refractivity contribution in [3.05, 3.63) is 52.7 Å². The van der Waals surface area contributed by atoms with E-state index in [1.165, 1.54) is 28.2 Å². The number of sulfonamides is 1. The zero-order valence-corrected chi connectivity index (χ0v) is 15.1. The molecule has 120 valence electrons. The van der Waals surface area contributed by atoms with Crippen molar-refractivity contribution in [2.75, 3.05) is 4.72 Å². The van der Waals surface area contributed by atoms with Crippen LogP contribution in [-0.2, 0) is 10.0 Å². The molecule has 0 saturated heterocycles. The molecule has 2 aromatic heterocycles. The lowest BCUT2D eigenvalue weighted by Crippen LogP contribution is -2.11. The highest BCUT2D eigenvalue weighted by Crippen LogP contribution is 2.28. The zero-order valence-electron chi connectivity index (χ0n) is 12.7. The van der Waals surface area contributed by atoms with Gasteiger partial charge in [0.05, 0.1) is 5.69 Å². The molecule has 0 aliphatic heterocycles. The van der Waals surface area contributed by atoms with Crippen LogP contribution in [0.25, 0.3) is 11.3 Å². The summed E-state index contributed by atoms with van der Waals surface area (Å²) in [4.78, 5) is 4.38. The highest BCUT2D eigenvalue weighted by Gasteiger charge is 2.17. The van der Waals surface area contributed by atoms with E-state index in [-0.39, 0.29) is 4.21 Å². The second kappa shape index (κ2) is 6.43. The first-order valence-electron chi connectivity index (χ1n) is 7.08. The molecule has 0 amide bonds. The van der Waals surface area contributed by atoms with Gasteiger partial charge in [-0.25, -0.2) is 13.4 Å². The van der Waals surface area contributed by atoms with E-state index in [0.717, 1.165) is 11.3 Å². The number of aromatic nitrogens is 1. The van der Waals surface area contributed by atoms with Gasteiger partial charge in [0.25, 0.3) is 10.0 Å². The fraction of sp³-hybridized carbons (Fsp3) is 0.188. The van der Waals surface area contributed by atoms with Gasteiger partial charge in [0.1, 0.15) is 4.21 Å². The molecule has 0 fully saturated rings. The molecule has 3 rings (SSSR count). The lowest BCUT2D eigenvalue weighted by Gasteiger charge is -2.05. The average molecular weight is 365 g/mol. The van der Waals surface area contributed by atoms with Crippen LogP contribution >= 0.6 is 22.7 Å². The molecule has 7 heteroatoms. The second-order valence-corrected chi connectivity index (χ2v) is 9.07. The first kappa shape index (κ1) is 16.2. The first-order chi connectivity index (χ1) is 11.0. The van der Waals surface area contributed by atoms with Gasteiger partial charge in [0, 0.05) is 10.9 Å². The highest BCUT2D eigenvalue weighted by atomic mass is 32.2. The minimum Gasteiger partial charge on any atom is -0.254 e. The number of hydrogen-bond acceptors (Lipinski definition) is 5. The number of anilines is 1. The van der Waals surface area contributed by atoms with Crippen LogP contribution in [0.2, 0.25) is 0 Å². The molecule has 0 bridgehead atoms. The lowest BCUT2D eigenvalue weighted by atomic mass is 10.0. The Hall–Kier alpha value is -1.70. The van der Waals surface area contributed by atoms with Crippen molar-refractivity contribution in [3.63, 3.8) is 0 Å². The molecular formula is C16H16N2O2S3. The number of hydrogen-bond donors (Lipinski definition) is 1. The highest BCUT2D eigenvalue weighted by molar-refractivity contribution is 7.94. The zero-order chi connectivity index (χ0) is 16.4. The number of nitrogens with zero attached hydrogens (tertiary/aromatic N) is 1. The Morgan fingerprint density at radius 2 is 1.83 bits per heavy atom. The van der Waals surface area contributed by atoms with Crippen molar-refractivity contribution in [2.24, 2.45) is 0 Å². The van der Waals surface area contributed by atoms with E-state index in [4.69, 9.17) is 0 Å². The van der Waals surface area contributed by atoms with Crippen LogP contribution in [0.3, 0.4) is 0 Å².